The number of fused-ring (bicyclic) bond motifs is 1. The molecule has 0 aromatic carbocycles. The molecule has 0 bridgehead atoms. The summed E-state index contributed by atoms with van der Waals surface area (Å²) in [7, 11) is 0. The zero-order valence-electron chi connectivity index (χ0n) is 16.5. The molecule has 0 radical (unpaired) electrons. The first kappa shape index (κ1) is 18.9. The van der Waals surface area contributed by atoms with Crippen molar-refractivity contribution < 1.29 is 9.47 Å². The number of aromatic nitrogens is 1. The molecular formula is C24H28N2O2. The van der Waals surface area contributed by atoms with Crippen LogP contribution >= 0.6 is 0 Å². The summed E-state index contributed by atoms with van der Waals surface area (Å²) in [6.45, 7) is 7.37. The molecule has 3 aliphatic rings. The molecule has 4 nitrogen and oxygen atoms in total. The minimum atomic E-state index is 0.266. The smallest absolute Gasteiger partial charge is 0.148 e. The molecule has 0 atom stereocenters. The Kier molecular flexibility index (Phi) is 6.20. The Morgan fingerprint density at radius 1 is 1.14 bits per heavy atom. The third-order valence-corrected chi connectivity index (χ3v) is 5.30. The molecule has 0 amide bonds. The zero-order valence-corrected chi connectivity index (χ0v) is 16.5. The third-order valence-electron chi connectivity index (χ3n) is 5.30. The largest absolute Gasteiger partial charge is 0.490 e. The molecule has 146 valence electrons. The van der Waals surface area contributed by atoms with Gasteiger partial charge in [0.2, 0.25) is 0 Å². The first-order chi connectivity index (χ1) is 13.8. The number of hydrogen-bond donors (Lipinski definition) is 0. The summed E-state index contributed by atoms with van der Waals surface area (Å²) in [6.07, 6.45) is 17.7. The molecule has 4 heteroatoms. The number of rotatable bonds is 5. The van der Waals surface area contributed by atoms with E-state index in [1.807, 2.05) is 24.4 Å². The predicted molar refractivity (Wildman–Crippen MR) is 113 cm³/mol. The number of ether oxygens (including phenoxy) is 2. The second kappa shape index (κ2) is 9.18. The molecule has 0 unspecified atom stereocenters. The molecule has 1 aliphatic heterocycles. The Bertz CT molecular complexity index is 826. The minimum Gasteiger partial charge on any atom is -0.490 e. The molecule has 1 fully saturated rings. The maximum atomic E-state index is 6.34. The van der Waals surface area contributed by atoms with Gasteiger partial charge in [-0.15, -0.1) is 0 Å². The summed E-state index contributed by atoms with van der Waals surface area (Å²) in [4.78, 5) is 7.15. The molecular weight excluding hydrogens is 348 g/mol. The van der Waals surface area contributed by atoms with Crippen molar-refractivity contribution in [2.75, 3.05) is 39.5 Å². The third kappa shape index (κ3) is 4.70. The zero-order chi connectivity index (χ0) is 19.2. The summed E-state index contributed by atoms with van der Waals surface area (Å²) in [6, 6.07) is 4.19. The van der Waals surface area contributed by atoms with Crippen LogP contribution in [0.15, 0.2) is 72.0 Å². The van der Waals surface area contributed by atoms with E-state index in [2.05, 4.69) is 53.3 Å². The topological polar surface area (TPSA) is 34.6 Å². The lowest BCUT2D eigenvalue weighted by Crippen LogP contribution is -2.37. The summed E-state index contributed by atoms with van der Waals surface area (Å²) in [5, 5.41) is 0. The van der Waals surface area contributed by atoms with Gasteiger partial charge in [0.05, 0.1) is 19.8 Å². The van der Waals surface area contributed by atoms with Gasteiger partial charge >= 0.3 is 0 Å². The van der Waals surface area contributed by atoms with Gasteiger partial charge in [0.25, 0.3) is 0 Å². The highest BCUT2D eigenvalue weighted by molar-refractivity contribution is 5.67. The van der Waals surface area contributed by atoms with E-state index in [-0.39, 0.29) is 5.92 Å². The summed E-state index contributed by atoms with van der Waals surface area (Å²) >= 11 is 0. The maximum Gasteiger partial charge on any atom is 0.148 e. The fourth-order valence-electron chi connectivity index (χ4n) is 3.87. The van der Waals surface area contributed by atoms with Gasteiger partial charge in [0.15, 0.2) is 0 Å². The van der Waals surface area contributed by atoms with E-state index in [4.69, 9.17) is 9.47 Å². The molecule has 28 heavy (non-hydrogen) atoms. The fourth-order valence-corrected chi connectivity index (χ4v) is 3.87. The van der Waals surface area contributed by atoms with Crippen molar-refractivity contribution in [1.82, 2.24) is 9.88 Å². The van der Waals surface area contributed by atoms with Gasteiger partial charge in [-0.05, 0) is 30.5 Å². The van der Waals surface area contributed by atoms with E-state index >= 15 is 0 Å². The minimum absolute atomic E-state index is 0.266. The van der Waals surface area contributed by atoms with E-state index in [1.165, 1.54) is 11.1 Å². The molecule has 0 N–H and O–H groups in total. The van der Waals surface area contributed by atoms with Crippen LogP contribution in [0.3, 0.4) is 0 Å². The summed E-state index contributed by atoms with van der Waals surface area (Å²) in [5.74, 6) is 1.18. The Balaban J connectivity index is 1.56. The van der Waals surface area contributed by atoms with Crippen LogP contribution in [0.2, 0.25) is 0 Å². The average Bonchev–Trinajstić information content (AvgIpc) is 3.04. The quantitative estimate of drug-likeness (QED) is 0.780. The normalized spacial score (nSPS) is 20.5. The highest BCUT2D eigenvalue weighted by atomic mass is 16.5. The van der Waals surface area contributed by atoms with Crippen LogP contribution in [0, 0.1) is 5.92 Å². The van der Waals surface area contributed by atoms with E-state index in [0.717, 1.165) is 56.3 Å². The molecule has 1 aromatic heterocycles. The molecule has 0 spiro atoms. The molecule has 1 aromatic rings. The van der Waals surface area contributed by atoms with E-state index in [1.54, 1.807) is 0 Å². The van der Waals surface area contributed by atoms with E-state index in [0.29, 0.717) is 6.61 Å². The second-order valence-electron chi connectivity index (χ2n) is 7.52. The number of morpholine rings is 1. The van der Waals surface area contributed by atoms with Crippen molar-refractivity contribution in [3.63, 3.8) is 0 Å². The Morgan fingerprint density at radius 3 is 2.71 bits per heavy atom. The Labute approximate surface area is 167 Å². The SMILES string of the molecule is CC1=C(OCC2C=CC=CC=C2)c2ncccc2CC(CN2CCOCC2)=C1. The lowest BCUT2D eigenvalue weighted by atomic mass is 10.0. The summed E-state index contributed by atoms with van der Waals surface area (Å²) < 4.78 is 11.8. The highest BCUT2D eigenvalue weighted by Crippen LogP contribution is 2.30. The number of hydrogen-bond acceptors (Lipinski definition) is 4. The average molecular weight is 377 g/mol. The molecule has 0 saturated carbocycles. The first-order valence-corrected chi connectivity index (χ1v) is 10.1. The standard InChI is InChI=1S/C24H28N2O2/c1-19-15-21(17-26-11-13-27-14-12-26)16-22-9-6-10-25-23(22)24(19)28-18-20-7-4-2-3-5-8-20/h2-10,15,20H,11-14,16-18H2,1H3. The van der Waals surface area contributed by atoms with E-state index in [9.17, 15) is 0 Å². The van der Waals surface area contributed by atoms with Gasteiger partial charge in [-0.1, -0.05) is 54.2 Å². The van der Waals surface area contributed by atoms with Crippen LogP contribution in [0.4, 0.5) is 0 Å². The van der Waals surface area contributed by atoms with Crippen LogP contribution in [0.25, 0.3) is 5.76 Å². The van der Waals surface area contributed by atoms with Crippen LogP contribution < -0.4 is 0 Å². The lowest BCUT2D eigenvalue weighted by Gasteiger charge is -2.27. The monoisotopic (exact) mass is 376 g/mol. The molecule has 2 heterocycles. The second-order valence-corrected chi connectivity index (χ2v) is 7.52. The molecule has 4 rings (SSSR count). The van der Waals surface area contributed by atoms with Crippen LogP contribution in [0.5, 0.6) is 0 Å². The van der Waals surface area contributed by atoms with Crippen molar-refractivity contribution in [3.05, 3.63) is 83.3 Å². The van der Waals surface area contributed by atoms with E-state index < -0.39 is 0 Å². The van der Waals surface area contributed by atoms with Crippen molar-refractivity contribution in [1.29, 1.82) is 0 Å². The predicted octanol–water partition coefficient (Wildman–Crippen LogP) is 3.94. The van der Waals surface area contributed by atoms with Crippen molar-refractivity contribution in [2.24, 2.45) is 5.92 Å². The fraction of sp³-hybridized carbons (Fsp3) is 0.375. The van der Waals surface area contributed by atoms with Crippen LogP contribution in [0.1, 0.15) is 18.2 Å². The van der Waals surface area contributed by atoms with Crippen molar-refractivity contribution >= 4 is 5.76 Å². The van der Waals surface area contributed by atoms with Crippen LogP contribution in [-0.4, -0.2) is 49.3 Å². The number of nitrogens with zero attached hydrogens (tertiary/aromatic N) is 2. The van der Waals surface area contributed by atoms with Crippen LogP contribution in [-0.2, 0) is 15.9 Å². The van der Waals surface area contributed by atoms with Gasteiger partial charge in [0, 0.05) is 31.7 Å². The van der Waals surface area contributed by atoms with Gasteiger partial charge in [-0.3, -0.25) is 9.88 Å². The lowest BCUT2D eigenvalue weighted by molar-refractivity contribution is 0.0421. The molecule has 1 saturated heterocycles. The van der Waals surface area contributed by atoms with Gasteiger partial charge < -0.3 is 9.47 Å². The number of allylic oxidation sites excluding steroid dienone is 6. The highest BCUT2D eigenvalue weighted by Gasteiger charge is 2.21. The maximum absolute atomic E-state index is 6.34. The Hall–Kier alpha value is -2.43. The van der Waals surface area contributed by atoms with Gasteiger partial charge in [0.1, 0.15) is 11.5 Å². The number of pyridine rings is 1. The molecule has 2 aliphatic carbocycles. The van der Waals surface area contributed by atoms with Gasteiger partial charge in [-0.25, -0.2) is 0 Å². The van der Waals surface area contributed by atoms with Gasteiger partial charge in [-0.2, -0.15) is 0 Å². The first-order valence-electron chi connectivity index (χ1n) is 10.1. The Morgan fingerprint density at radius 2 is 1.93 bits per heavy atom. The van der Waals surface area contributed by atoms with Crippen molar-refractivity contribution in [3.8, 4) is 0 Å². The van der Waals surface area contributed by atoms with Crippen molar-refractivity contribution in [2.45, 2.75) is 13.3 Å². The summed E-state index contributed by atoms with van der Waals surface area (Å²) in [5.41, 5.74) is 4.78.